The van der Waals surface area contributed by atoms with Crippen molar-refractivity contribution in [3.8, 4) is 0 Å². The zero-order valence-corrected chi connectivity index (χ0v) is 13.0. The maximum absolute atomic E-state index is 11.0. The van der Waals surface area contributed by atoms with Gasteiger partial charge in [-0.1, -0.05) is 30.3 Å². The van der Waals surface area contributed by atoms with Crippen molar-refractivity contribution in [1.29, 1.82) is 0 Å². The SMILES string of the molecule is CC1Nc2cc([N+](=O)[O-])cc(Br)c2N1Cc1ccccc1. The summed E-state index contributed by atoms with van der Waals surface area (Å²) in [5, 5.41) is 14.2. The van der Waals surface area contributed by atoms with E-state index in [9.17, 15) is 10.1 Å². The van der Waals surface area contributed by atoms with Gasteiger partial charge in [0.15, 0.2) is 0 Å². The fraction of sp³-hybridized carbons (Fsp3) is 0.200. The van der Waals surface area contributed by atoms with Crippen molar-refractivity contribution in [2.45, 2.75) is 19.6 Å². The number of rotatable bonds is 3. The van der Waals surface area contributed by atoms with Gasteiger partial charge in [0.25, 0.3) is 5.69 Å². The number of nitro benzene ring substituents is 1. The molecular formula is C15H14BrN3O2. The molecule has 1 heterocycles. The van der Waals surface area contributed by atoms with E-state index < -0.39 is 0 Å². The van der Waals surface area contributed by atoms with Gasteiger partial charge in [0.2, 0.25) is 0 Å². The third-order valence-corrected chi connectivity index (χ3v) is 4.18. The Hall–Kier alpha value is -2.08. The van der Waals surface area contributed by atoms with E-state index >= 15 is 0 Å². The monoisotopic (exact) mass is 347 g/mol. The number of hydrogen-bond acceptors (Lipinski definition) is 4. The summed E-state index contributed by atoms with van der Waals surface area (Å²) in [5.74, 6) is 0. The lowest BCUT2D eigenvalue weighted by Gasteiger charge is -2.24. The number of halogens is 1. The molecule has 0 radical (unpaired) electrons. The van der Waals surface area contributed by atoms with Crippen molar-refractivity contribution in [2.24, 2.45) is 0 Å². The minimum Gasteiger partial charge on any atom is -0.363 e. The van der Waals surface area contributed by atoms with Crippen LogP contribution in [0.5, 0.6) is 0 Å². The first-order valence-corrected chi connectivity index (χ1v) is 7.40. The molecule has 0 saturated heterocycles. The third kappa shape index (κ3) is 2.58. The number of anilines is 2. The molecule has 0 aliphatic carbocycles. The Kier molecular flexibility index (Phi) is 3.55. The van der Waals surface area contributed by atoms with Crippen molar-refractivity contribution in [2.75, 3.05) is 10.2 Å². The smallest absolute Gasteiger partial charge is 0.272 e. The summed E-state index contributed by atoms with van der Waals surface area (Å²) in [5.41, 5.74) is 3.04. The summed E-state index contributed by atoms with van der Waals surface area (Å²) in [4.78, 5) is 12.8. The Balaban J connectivity index is 1.98. The van der Waals surface area contributed by atoms with Crippen LogP contribution in [0.1, 0.15) is 12.5 Å². The van der Waals surface area contributed by atoms with Gasteiger partial charge in [-0.3, -0.25) is 10.1 Å². The van der Waals surface area contributed by atoms with Crippen molar-refractivity contribution in [1.82, 2.24) is 0 Å². The van der Waals surface area contributed by atoms with Crippen molar-refractivity contribution < 1.29 is 4.92 Å². The summed E-state index contributed by atoms with van der Waals surface area (Å²) in [6.07, 6.45) is 0.0820. The van der Waals surface area contributed by atoms with Crippen LogP contribution in [0.2, 0.25) is 0 Å². The molecule has 0 aromatic heterocycles. The van der Waals surface area contributed by atoms with Crippen LogP contribution in [0.15, 0.2) is 46.9 Å². The molecule has 2 aromatic rings. The van der Waals surface area contributed by atoms with E-state index in [4.69, 9.17) is 0 Å². The summed E-state index contributed by atoms with van der Waals surface area (Å²) in [6.45, 7) is 2.79. The lowest BCUT2D eigenvalue weighted by atomic mass is 10.2. The van der Waals surface area contributed by atoms with E-state index in [1.54, 1.807) is 12.1 Å². The molecule has 21 heavy (non-hydrogen) atoms. The number of nitrogens with zero attached hydrogens (tertiary/aromatic N) is 2. The van der Waals surface area contributed by atoms with Crippen LogP contribution in [-0.4, -0.2) is 11.1 Å². The number of hydrogen-bond donors (Lipinski definition) is 1. The highest BCUT2D eigenvalue weighted by molar-refractivity contribution is 9.10. The second kappa shape index (κ2) is 5.37. The Bertz CT molecular complexity index is 691. The Morgan fingerprint density at radius 3 is 2.71 bits per heavy atom. The van der Waals surface area contributed by atoms with E-state index in [0.29, 0.717) is 0 Å². The first-order chi connectivity index (χ1) is 10.1. The zero-order chi connectivity index (χ0) is 15.0. The van der Waals surface area contributed by atoms with Crippen molar-refractivity contribution in [3.05, 3.63) is 62.6 Å². The molecule has 2 aromatic carbocycles. The molecule has 0 spiro atoms. The van der Waals surface area contributed by atoms with Gasteiger partial charge in [0, 0.05) is 23.2 Å². The highest BCUT2D eigenvalue weighted by atomic mass is 79.9. The standard InChI is InChI=1S/C15H14BrN3O2/c1-10-17-14-8-12(19(20)21)7-13(16)15(14)18(10)9-11-5-3-2-4-6-11/h2-8,10,17H,9H2,1H3. The average molecular weight is 348 g/mol. The second-order valence-electron chi connectivity index (χ2n) is 5.01. The van der Waals surface area contributed by atoms with Gasteiger partial charge < -0.3 is 10.2 Å². The predicted molar refractivity (Wildman–Crippen MR) is 86.5 cm³/mol. The third-order valence-electron chi connectivity index (χ3n) is 3.57. The van der Waals surface area contributed by atoms with Crippen LogP contribution in [0.4, 0.5) is 17.1 Å². The molecule has 108 valence electrons. The predicted octanol–water partition coefficient (Wildman–Crippen LogP) is 4.14. The second-order valence-corrected chi connectivity index (χ2v) is 5.87. The molecule has 0 bridgehead atoms. The first kappa shape index (κ1) is 13.9. The zero-order valence-electron chi connectivity index (χ0n) is 11.4. The lowest BCUT2D eigenvalue weighted by molar-refractivity contribution is -0.384. The molecule has 3 rings (SSSR count). The molecule has 6 heteroatoms. The van der Waals surface area contributed by atoms with E-state index in [1.165, 1.54) is 5.56 Å². The van der Waals surface area contributed by atoms with Gasteiger partial charge in [0.05, 0.1) is 22.5 Å². The van der Waals surface area contributed by atoms with Gasteiger partial charge in [-0.15, -0.1) is 0 Å². The maximum atomic E-state index is 11.0. The number of fused-ring (bicyclic) bond motifs is 1. The van der Waals surface area contributed by atoms with Crippen LogP contribution in [0.3, 0.4) is 0 Å². The van der Waals surface area contributed by atoms with E-state index in [1.807, 2.05) is 25.1 Å². The normalized spacial score (nSPS) is 16.5. The molecular weight excluding hydrogens is 334 g/mol. The van der Waals surface area contributed by atoms with Gasteiger partial charge in [-0.05, 0) is 28.4 Å². The van der Waals surface area contributed by atoms with E-state index in [-0.39, 0.29) is 16.8 Å². The van der Waals surface area contributed by atoms with Gasteiger partial charge >= 0.3 is 0 Å². The molecule has 1 N–H and O–H groups in total. The number of non-ortho nitro benzene ring substituents is 1. The van der Waals surface area contributed by atoms with Crippen molar-refractivity contribution >= 4 is 33.0 Å². The number of nitro groups is 1. The number of nitrogens with one attached hydrogen (secondary N) is 1. The average Bonchev–Trinajstić information content (AvgIpc) is 2.76. The molecule has 1 unspecified atom stereocenters. The van der Waals surface area contributed by atoms with Crippen LogP contribution >= 0.6 is 15.9 Å². The van der Waals surface area contributed by atoms with Crippen LogP contribution in [0, 0.1) is 10.1 Å². The van der Waals surface area contributed by atoms with Gasteiger partial charge in [-0.2, -0.15) is 0 Å². The fourth-order valence-corrected chi connectivity index (χ4v) is 3.26. The van der Waals surface area contributed by atoms with Crippen LogP contribution in [-0.2, 0) is 6.54 Å². The van der Waals surface area contributed by atoms with E-state index in [2.05, 4.69) is 38.3 Å². The highest BCUT2D eigenvalue weighted by Gasteiger charge is 2.29. The van der Waals surface area contributed by atoms with Crippen LogP contribution in [0.25, 0.3) is 0 Å². The van der Waals surface area contributed by atoms with Crippen molar-refractivity contribution in [3.63, 3.8) is 0 Å². The Morgan fingerprint density at radius 1 is 1.33 bits per heavy atom. The molecule has 0 fully saturated rings. The summed E-state index contributed by atoms with van der Waals surface area (Å²) < 4.78 is 0.736. The molecule has 5 nitrogen and oxygen atoms in total. The Labute approximate surface area is 130 Å². The molecule has 1 aliphatic rings. The van der Waals surface area contributed by atoms with Gasteiger partial charge in [-0.25, -0.2) is 0 Å². The van der Waals surface area contributed by atoms with E-state index in [0.717, 1.165) is 22.4 Å². The molecule has 1 atom stereocenters. The lowest BCUT2D eigenvalue weighted by Crippen LogP contribution is -2.32. The van der Waals surface area contributed by atoms with Crippen LogP contribution < -0.4 is 10.2 Å². The topological polar surface area (TPSA) is 58.4 Å². The largest absolute Gasteiger partial charge is 0.363 e. The molecule has 1 aliphatic heterocycles. The first-order valence-electron chi connectivity index (χ1n) is 6.61. The summed E-state index contributed by atoms with van der Waals surface area (Å²) in [6, 6.07) is 13.3. The minimum absolute atomic E-state index is 0.0820. The summed E-state index contributed by atoms with van der Waals surface area (Å²) >= 11 is 3.46. The molecule has 0 saturated carbocycles. The number of benzene rings is 2. The minimum atomic E-state index is -0.378. The Morgan fingerprint density at radius 2 is 2.05 bits per heavy atom. The summed E-state index contributed by atoms with van der Waals surface area (Å²) in [7, 11) is 0. The maximum Gasteiger partial charge on any atom is 0.272 e. The highest BCUT2D eigenvalue weighted by Crippen LogP contribution is 2.43. The van der Waals surface area contributed by atoms with Gasteiger partial charge in [0.1, 0.15) is 0 Å². The quantitative estimate of drug-likeness (QED) is 0.669. The fourth-order valence-electron chi connectivity index (χ4n) is 2.58. The molecule has 0 amide bonds.